The lowest BCUT2D eigenvalue weighted by Crippen LogP contribution is -2.35. The molecule has 2 rings (SSSR count). The Labute approximate surface area is 127 Å². The smallest absolute Gasteiger partial charge is 0.0767 e. The quantitative estimate of drug-likeness (QED) is 0.907. The maximum atomic E-state index is 5.99. The van der Waals surface area contributed by atoms with E-state index >= 15 is 0 Å². The molecule has 1 aromatic carbocycles. The van der Waals surface area contributed by atoms with Crippen molar-refractivity contribution in [3.63, 3.8) is 0 Å². The van der Waals surface area contributed by atoms with E-state index in [-0.39, 0.29) is 5.54 Å². The Morgan fingerprint density at radius 2 is 2.05 bits per heavy atom. The van der Waals surface area contributed by atoms with Gasteiger partial charge < -0.3 is 5.32 Å². The predicted octanol–water partition coefficient (Wildman–Crippen LogP) is 4.18. The van der Waals surface area contributed by atoms with Gasteiger partial charge in [-0.05, 0) is 61.0 Å². The fourth-order valence-corrected chi connectivity index (χ4v) is 2.07. The molecule has 19 heavy (non-hydrogen) atoms. The van der Waals surface area contributed by atoms with Crippen molar-refractivity contribution < 1.29 is 0 Å². The van der Waals surface area contributed by atoms with Crippen molar-refractivity contribution in [2.24, 2.45) is 0 Å². The van der Waals surface area contributed by atoms with E-state index in [0.29, 0.717) is 5.02 Å². The maximum absolute atomic E-state index is 5.99. The normalized spacial score (nSPS) is 11.8. The Hall–Kier alpha value is -0.840. The second kappa shape index (κ2) is 5.65. The summed E-state index contributed by atoms with van der Waals surface area (Å²) >= 11 is 9.41. The first-order valence-electron chi connectivity index (χ1n) is 6.10. The summed E-state index contributed by atoms with van der Waals surface area (Å²) in [5.41, 5.74) is 2.09. The van der Waals surface area contributed by atoms with Crippen LogP contribution in [-0.4, -0.2) is 15.3 Å². The van der Waals surface area contributed by atoms with Gasteiger partial charge in [0, 0.05) is 22.8 Å². The minimum atomic E-state index is 0.0904. The second-order valence-electron chi connectivity index (χ2n) is 5.45. The minimum Gasteiger partial charge on any atom is -0.306 e. The van der Waals surface area contributed by atoms with Crippen molar-refractivity contribution in [1.82, 2.24) is 15.1 Å². The topological polar surface area (TPSA) is 29.9 Å². The number of nitrogens with one attached hydrogen (secondary N) is 1. The molecule has 0 aliphatic heterocycles. The Morgan fingerprint density at radius 3 is 2.68 bits per heavy atom. The molecule has 2 aromatic rings. The highest BCUT2D eigenvalue weighted by Gasteiger charge is 2.10. The number of rotatable bonds is 3. The highest BCUT2D eigenvalue weighted by Crippen LogP contribution is 2.24. The molecule has 0 bridgehead atoms. The zero-order valence-electron chi connectivity index (χ0n) is 11.2. The molecule has 1 heterocycles. The molecule has 102 valence electrons. The van der Waals surface area contributed by atoms with Crippen molar-refractivity contribution in [3.05, 3.63) is 45.7 Å². The third-order valence-corrected chi connectivity index (χ3v) is 3.83. The van der Waals surface area contributed by atoms with Crippen LogP contribution in [0.4, 0.5) is 0 Å². The van der Waals surface area contributed by atoms with Gasteiger partial charge in [0.05, 0.1) is 16.4 Å². The molecule has 5 heteroatoms. The molecule has 0 amide bonds. The van der Waals surface area contributed by atoms with Crippen LogP contribution < -0.4 is 5.32 Å². The molecule has 0 fully saturated rings. The van der Waals surface area contributed by atoms with Crippen LogP contribution in [0.5, 0.6) is 0 Å². The van der Waals surface area contributed by atoms with E-state index in [4.69, 9.17) is 11.6 Å². The average molecular weight is 343 g/mol. The van der Waals surface area contributed by atoms with Crippen LogP contribution in [0, 0.1) is 0 Å². The van der Waals surface area contributed by atoms with E-state index in [1.807, 2.05) is 35.1 Å². The first-order valence-corrected chi connectivity index (χ1v) is 7.27. The van der Waals surface area contributed by atoms with Crippen molar-refractivity contribution in [1.29, 1.82) is 0 Å². The standard InChI is InChI=1S/C14H17BrClN3/c1-14(2,3)17-9-10-6-7-19(18-10)11-4-5-13(16)12(15)8-11/h4-8,17H,9H2,1-3H3. The van der Waals surface area contributed by atoms with Gasteiger partial charge in [-0.15, -0.1) is 0 Å². The SMILES string of the molecule is CC(C)(C)NCc1ccn(-c2ccc(Cl)c(Br)c2)n1. The maximum Gasteiger partial charge on any atom is 0.0767 e. The van der Waals surface area contributed by atoms with Crippen LogP contribution in [0.15, 0.2) is 34.9 Å². The van der Waals surface area contributed by atoms with Crippen LogP contribution in [0.25, 0.3) is 5.69 Å². The van der Waals surface area contributed by atoms with Gasteiger partial charge >= 0.3 is 0 Å². The van der Waals surface area contributed by atoms with E-state index in [1.54, 1.807) is 0 Å². The molecular weight excluding hydrogens is 326 g/mol. The summed E-state index contributed by atoms with van der Waals surface area (Å²) in [7, 11) is 0. The zero-order valence-corrected chi connectivity index (χ0v) is 13.6. The zero-order chi connectivity index (χ0) is 14.0. The summed E-state index contributed by atoms with van der Waals surface area (Å²) in [5.74, 6) is 0. The van der Waals surface area contributed by atoms with E-state index in [0.717, 1.165) is 22.4 Å². The molecule has 0 radical (unpaired) electrons. The molecule has 0 atom stereocenters. The monoisotopic (exact) mass is 341 g/mol. The molecule has 0 unspecified atom stereocenters. The molecule has 0 saturated heterocycles. The Balaban J connectivity index is 2.14. The van der Waals surface area contributed by atoms with Crippen LogP contribution >= 0.6 is 27.5 Å². The molecule has 1 aromatic heterocycles. The van der Waals surface area contributed by atoms with Gasteiger partial charge in [0.2, 0.25) is 0 Å². The molecule has 0 spiro atoms. The van der Waals surface area contributed by atoms with Crippen molar-refractivity contribution in [3.8, 4) is 5.69 Å². The first kappa shape index (κ1) is 14.6. The number of hydrogen-bond donors (Lipinski definition) is 1. The lowest BCUT2D eigenvalue weighted by molar-refractivity contribution is 0.420. The lowest BCUT2D eigenvalue weighted by Gasteiger charge is -2.19. The van der Waals surface area contributed by atoms with Gasteiger partial charge in [0.1, 0.15) is 0 Å². The van der Waals surface area contributed by atoms with Crippen molar-refractivity contribution >= 4 is 27.5 Å². The highest BCUT2D eigenvalue weighted by molar-refractivity contribution is 9.10. The third-order valence-electron chi connectivity index (χ3n) is 2.61. The number of halogens is 2. The van der Waals surface area contributed by atoms with Crippen molar-refractivity contribution in [2.45, 2.75) is 32.9 Å². The van der Waals surface area contributed by atoms with E-state index < -0.39 is 0 Å². The number of hydrogen-bond acceptors (Lipinski definition) is 2. The minimum absolute atomic E-state index is 0.0904. The van der Waals surface area contributed by atoms with Gasteiger partial charge in [-0.1, -0.05) is 11.6 Å². The summed E-state index contributed by atoms with van der Waals surface area (Å²) in [6.45, 7) is 7.17. The Morgan fingerprint density at radius 1 is 1.32 bits per heavy atom. The van der Waals surface area contributed by atoms with Crippen LogP contribution in [-0.2, 0) is 6.54 Å². The van der Waals surface area contributed by atoms with Crippen LogP contribution in [0.1, 0.15) is 26.5 Å². The summed E-state index contributed by atoms with van der Waals surface area (Å²) in [5, 5.41) is 8.66. The fourth-order valence-electron chi connectivity index (χ4n) is 1.58. The van der Waals surface area contributed by atoms with Gasteiger partial charge in [0.15, 0.2) is 0 Å². The molecular formula is C14H17BrClN3. The molecule has 0 aliphatic rings. The van der Waals surface area contributed by atoms with Gasteiger partial charge in [-0.25, -0.2) is 4.68 Å². The summed E-state index contributed by atoms with van der Waals surface area (Å²) < 4.78 is 2.72. The largest absolute Gasteiger partial charge is 0.306 e. The van der Waals surface area contributed by atoms with E-state index in [2.05, 4.69) is 47.1 Å². The second-order valence-corrected chi connectivity index (χ2v) is 6.72. The molecule has 1 N–H and O–H groups in total. The predicted molar refractivity (Wildman–Crippen MR) is 82.9 cm³/mol. The first-order chi connectivity index (χ1) is 8.85. The summed E-state index contributed by atoms with van der Waals surface area (Å²) in [4.78, 5) is 0. The number of nitrogens with zero attached hydrogens (tertiary/aromatic N) is 2. The Bertz CT molecular complexity index is 572. The average Bonchev–Trinajstić information content (AvgIpc) is 2.78. The number of benzene rings is 1. The van der Waals surface area contributed by atoms with Crippen molar-refractivity contribution in [2.75, 3.05) is 0 Å². The van der Waals surface area contributed by atoms with Crippen LogP contribution in [0.3, 0.4) is 0 Å². The molecule has 0 saturated carbocycles. The van der Waals surface area contributed by atoms with E-state index in [1.165, 1.54) is 0 Å². The number of aromatic nitrogens is 2. The molecule has 0 aliphatic carbocycles. The van der Waals surface area contributed by atoms with Gasteiger partial charge in [-0.3, -0.25) is 0 Å². The summed E-state index contributed by atoms with van der Waals surface area (Å²) in [6.07, 6.45) is 1.95. The third kappa shape index (κ3) is 4.06. The molecule has 3 nitrogen and oxygen atoms in total. The summed E-state index contributed by atoms with van der Waals surface area (Å²) in [6, 6.07) is 7.77. The lowest BCUT2D eigenvalue weighted by atomic mass is 10.1. The van der Waals surface area contributed by atoms with Gasteiger partial charge in [0.25, 0.3) is 0 Å². The van der Waals surface area contributed by atoms with E-state index in [9.17, 15) is 0 Å². The van der Waals surface area contributed by atoms with Crippen LogP contribution in [0.2, 0.25) is 5.02 Å². The Kier molecular flexibility index (Phi) is 4.33. The highest BCUT2D eigenvalue weighted by atomic mass is 79.9. The fraction of sp³-hybridized carbons (Fsp3) is 0.357. The van der Waals surface area contributed by atoms with Gasteiger partial charge in [-0.2, -0.15) is 5.10 Å².